The molecule has 8 heteroatoms. The highest BCUT2D eigenvalue weighted by molar-refractivity contribution is 5.68. The number of benzene rings is 1. The lowest BCUT2D eigenvalue weighted by Crippen LogP contribution is -2.45. The minimum atomic E-state index is -0.482. The van der Waals surface area contributed by atoms with Crippen molar-refractivity contribution in [3.05, 3.63) is 30.2 Å². The molecule has 1 N–H and O–H groups in total. The number of nitrogens with zero attached hydrogens (tertiary/aromatic N) is 3. The number of hydrogen-bond donors (Lipinski definition) is 1. The van der Waals surface area contributed by atoms with Gasteiger partial charge in [0.2, 0.25) is 11.7 Å². The Morgan fingerprint density at radius 3 is 2.55 bits per heavy atom. The van der Waals surface area contributed by atoms with Gasteiger partial charge in [0.15, 0.2) is 0 Å². The normalized spacial score (nSPS) is 15.9. The van der Waals surface area contributed by atoms with Gasteiger partial charge in [0.05, 0.1) is 13.2 Å². The summed E-state index contributed by atoms with van der Waals surface area (Å²) in [5, 5.41) is 7.04. The van der Waals surface area contributed by atoms with E-state index in [4.69, 9.17) is 14.0 Å². The van der Waals surface area contributed by atoms with Crippen molar-refractivity contribution in [2.75, 3.05) is 19.7 Å². The molecule has 0 saturated carbocycles. The summed E-state index contributed by atoms with van der Waals surface area (Å²) in [6.07, 6.45) is 1.37. The summed E-state index contributed by atoms with van der Waals surface area (Å²) in [5.74, 6) is 1.99. The van der Waals surface area contributed by atoms with Crippen LogP contribution in [0.4, 0.5) is 4.79 Å². The first-order chi connectivity index (χ1) is 13.8. The fourth-order valence-corrected chi connectivity index (χ4v) is 3.20. The van der Waals surface area contributed by atoms with Gasteiger partial charge in [-0.15, -0.1) is 0 Å². The number of hydrogen-bond acceptors (Lipinski definition) is 7. The Labute approximate surface area is 171 Å². The maximum atomic E-state index is 11.9. The Morgan fingerprint density at radius 2 is 1.93 bits per heavy atom. The van der Waals surface area contributed by atoms with Crippen molar-refractivity contribution in [3.63, 3.8) is 0 Å². The number of rotatable bonds is 6. The van der Waals surface area contributed by atoms with Crippen LogP contribution in [0.15, 0.2) is 28.8 Å². The number of alkyl carbamates (subject to hydrolysis) is 1. The van der Waals surface area contributed by atoms with Gasteiger partial charge < -0.3 is 19.3 Å². The van der Waals surface area contributed by atoms with Crippen LogP contribution in [0, 0.1) is 0 Å². The smallest absolute Gasteiger partial charge is 0.407 e. The van der Waals surface area contributed by atoms with Gasteiger partial charge in [-0.2, -0.15) is 4.98 Å². The maximum Gasteiger partial charge on any atom is 0.407 e. The number of amides is 1. The molecule has 0 bridgehead atoms. The van der Waals surface area contributed by atoms with Crippen LogP contribution in [0.25, 0.3) is 11.4 Å². The van der Waals surface area contributed by atoms with E-state index in [1.807, 2.05) is 52.0 Å². The van der Waals surface area contributed by atoms with Gasteiger partial charge in [-0.25, -0.2) is 4.79 Å². The van der Waals surface area contributed by atoms with Crippen LogP contribution in [0.5, 0.6) is 5.75 Å². The number of likely N-dealkylation sites (tertiary alicyclic amines) is 1. The summed E-state index contributed by atoms with van der Waals surface area (Å²) >= 11 is 0. The lowest BCUT2D eigenvalue weighted by Gasteiger charge is -2.31. The number of ether oxygens (including phenoxy) is 2. The highest BCUT2D eigenvalue weighted by atomic mass is 16.6. The van der Waals surface area contributed by atoms with E-state index in [9.17, 15) is 4.79 Å². The molecule has 2 aromatic rings. The SMILES string of the molecule is CCOc1ccc(-c2noc(CN3CCC(NC(=O)OC(C)(C)C)CC3)n2)cc1. The zero-order valence-corrected chi connectivity index (χ0v) is 17.6. The molecule has 0 aliphatic carbocycles. The minimum absolute atomic E-state index is 0.128. The van der Waals surface area contributed by atoms with Crippen molar-refractivity contribution in [2.24, 2.45) is 0 Å². The molecule has 29 heavy (non-hydrogen) atoms. The molecule has 0 unspecified atom stereocenters. The van der Waals surface area contributed by atoms with Crippen molar-refractivity contribution >= 4 is 6.09 Å². The molecule has 158 valence electrons. The van der Waals surface area contributed by atoms with Crippen molar-refractivity contribution in [1.82, 2.24) is 20.4 Å². The summed E-state index contributed by atoms with van der Waals surface area (Å²) in [4.78, 5) is 18.7. The van der Waals surface area contributed by atoms with Gasteiger partial charge in [-0.1, -0.05) is 5.16 Å². The third-order valence-corrected chi connectivity index (χ3v) is 4.56. The van der Waals surface area contributed by atoms with Crippen molar-refractivity contribution in [1.29, 1.82) is 0 Å². The van der Waals surface area contributed by atoms with Crippen molar-refractivity contribution < 1.29 is 18.8 Å². The fourth-order valence-electron chi connectivity index (χ4n) is 3.20. The van der Waals surface area contributed by atoms with E-state index in [1.54, 1.807) is 0 Å². The highest BCUT2D eigenvalue weighted by Gasteiger charge is 2.24. The predicted octanol–water partition coefficient (Wildman–Crippen LogP) is 3.62. The lowest BCUT2D eigenvalue weighted by atomic mass is 10.1. The van der Waals surface area contributed by atoms with Gasteiger partial charge in [0, 0.05) is 24.7 Å². The molecule has 0 spiro atoms. The van der Waals surface area contributed by atoms with Crippen LogP contribution < -0.4 is 10.1 Å². The highest BCUT2D eigenvalue weighted by Crippen LogP contribution is 2.21. The lowest BCUT2D eigenvalue weighted by molar-refractivity contribution is 0.0475. The second-order valence-corrected chi connectivity index (χ2v) is 8.17. The number of carbonyl (C=O) groups excluding carboxylic acids is 1. The van der Waals surface area contributed by atoms with Crippen LogP contribution in [0.1, 0.15) is 46.4 Å². The molecule has 1 aliphatic rings. The molecular weight excluding hydrogens is 372 g/mol. The Hall–Kier alpha value is -2.61. The molecule has 3 rings (SSSR count). The van der Waals surface area contributed by atoms with E-state index in [0.29, 0.717) is 24.9 Å². The quantitative estimate of drug-likeness (QED) is 0.789. The standard InChI is InChI=1S/C21H30N4O4/c1-5-27-17-8-6-15(7-9-17)19-23-18(29-24-19)14-25-12-10-16(11-13-25)22-20(26)28-21(2,3)4/h6-9,16H,5,10-14H2,1-4H3,(H,22,26). The van der Waals surface area contributed by atoms with E-state index >= 15 is 0 Å². The van der Waals surface area contributed by atoms with Gasteiger partial charge in [-0.3, -0.25) is 4.90 Å². The third-order valence-electron chi connectivity index (χ3n) is 4.56. The first-order valence-corrected chi connectivity index (χ1v) is 10.1. The number of carbonyl (C=O) groups is 1. The molecule has 1 aliphatic heterocycles. The molecule has 1 aromatic heterocycles. The molecule has 1 saturated heterocycles. The summed E-state index contributed by atoms with van der Waals surface area (Å²) in [7, 11) is 0. The monoisotopic (exact) mass is 402 g/mol. The van der Waals surface area contributed by atoms with Gasteiger partial charge >= 0.3 is 6.09 Å². The van der Waals surface area contributed by atoms with E-state index in [0.717, 1.165) is 37.2 Å². The number of nitrogens with one attached hydrogen (secondary N) is 1. The minimum Gasteiger partial charge on any atom is -0.494 e. The molecular formula is C21H30N4O4. The average molecular weight is 402 g/mol. The summed E-state index contributed by atoms with van der Waals surface area (Å²) in [6.45, 7) is 10.5. The first kappa shape index (κ1) is 21.1. The van der Waals surface area contributed by atoms with Gasteiger partial charge in [0.25, 0.3) is 0 Å². The fraction of sp³-hybridized carbons (Fsp3) is 0.571. The molecule has 1 amide bonds. The third kappa shape index (κ3) is 6.45. The number of piperidine rings is 1. The van der Waals surface area contributed by atoms with Crippen molar-refractivity contribution in [2.45, 2.75) is 58.7 Å². The van der Waals surface area contributed by atoms with Crippen LogP contribution in [0.3, 0.4) is 0 Å². The number of aromatic nitrogens is 2. The van der Waals surface area contributed by atoms with Crippen LogP contribution in [0.2, 0.25) is 0 Å². The first-order valence-electron chi connectivity index (χ1n) is 10.1. The zero-order valence-electron chi connectivity index (χ0n) is 17.6. The van der Waals surface area contributed by atoms with E-state index < -0.39 is 5.60 Å². The van der Waals surface area contributed by atoms with Gasteiger partial charge in [0.1, 0.15) is 11.4 Å². The molecule has 8 nitrogen and oxygen atoms in total. The zero-order chi connectivity index (χ0) is 20.9. The second kappa shape index (κ2) is 9.26. The van der Waals surface area contributed by atoms with E-state index in [-0.39, 0.29) is 12.1 Å². The second-order valence-electron chi connectivity index (χ2n) is 8.17. The Bertz CT molecular complexity index is 790. The Morgan fingerprint density at radius 1 is 1.24 bits per heavy atom. The largest absolute Gasteiger partial charge is 0.494 e. The molecule has 2 heterocycles. The van der Waals surface area contributed by atoms with Gasteiger partial charge in [-0.05, 0) is 64.8 Å². The summed E-state index contributed by atoms with van der Waals surface area (Å²) in [6, 6.07) is 7.78. The molecule has 1 aromatic carbocycles. The molecule has 0 radical (unpaired) electrons. The Kier molecular flexibility index (Phi) is 6.74. The average Bonchev–Trinajstić information content (AvgIpc) is 3.11. The topological polar surface area (TPSA) is 89.7 Å². The Balaban J connectivity index is 1.47. The van der Waals surface area contributed by atoms with Crippen LogP contribution >= 0.6 is 0 Å². The van der Waals surface area contributed by atoms with Crippen LogP contribution in [-0.2, 0) is 11.3 Å². The van der Waals surface area contributed by atoms with E-state index in [1.165, 1.54) is 0 Å². The predicted molar refractivity (Wildman–Crippen MR) is 109 cm³/mol. The summed E-state index contributed by atoms with van der Waals surface area (Å²) < 4.78 is 16.2. The summed E-state index contributed by atoms with van der Waals surface area (Å²) in [5.41, 5.74) is 0.410. The maximum absolute atomic E-state index is 11.9. The molecule has 1 fully saturated rings. The van der Waals surface area contributed by atoms with Crippen LogP contribution in [-0.4, -0.2) is 52.5 Å². The van der Waals surface area contributed by atoms with Crippen molar-refractivity contribution in [3.8, 4) is 17.1 Å². The molecule has 0 atom stereocenters. The van der Waals surface area contributed by atoms with E-state index in [2.05, 4.69) is 20.4 Å².